The Morgan fingerprint density at radius 1 is 1.15 bits per heavy atom. The molecule has 2 aromatic carbocycles. The van der Waals surface area contributed by atoms with Crippen LogP contribution in [0.15, 0.2) is 36.4 Å². The summed E-state index contributed by atoms with van der Waals surface area (Å²) >= 11 is 0. The second-order valence-electron chi connectivity index (χ2n) is 6.09. The summed E-state index contributed by atoms with van der Waals surface area (Å²) in [6.45, 7) is 5.70. The molecular weight excluding hydrogens is 355 g/mol. The molecule has 2 aromatic rings. The number of carbonyl (C=O) groups is 1. The molecule has 0 saturated heterocycles. The standard InChI is InChI=1S/C17H18F3NO.C4H8O/c1-11-7-8-14(17(18,19)20)16(9-11)22-10-13-12(2)5-4-6-15(13)21-3;1-2-3-4-5/h4-9,21H,10H2,1-3H3;4H,2-3H2,1H3. The molecule has 0 spiro atoms. The highest BCUT2D eigenvalue weighted by atomic mass is 19.4. The zero-order chi connectivity index (χ0) is 20.4. The molecule has 0 aliphatic carbocycles. The fourth-order valence-corrected chi connectivity index (χ4v) is 2.38. The van der Waals surface area contributed by atoms with Crippen molar-refractivity contribution < 1.29 is 22.7 Å². The first-order valence-corrected chi connectivity index (χ1v) is 8.75. The summed E-state index contributed by atoms with van der Waals surface area (Å²) in [5.74, 6) is -0.141. The van der Waals surface area contributed by atoms with Gasteiger partial charge in [-0.1, -0.05) is 25.1 Å². The molecule has 0 bridgehead atoms. The maximum Gasteiger partial charge on any atom is 0.419 e. The van der Waals surface area contributed by atoms with E-state index in [1.807, 2.05) is 32.0 Å². The molecule has 0 saturated carbocycles. The summed E-state index contributed by atoms with van der Waals surface area (Å²) < 4.78 is 44.6. The van der Waals surface area contributed by atoms with Crippen molar-refractivity contribution in [3.8, 4) is 5.75 Å². The van der Waals surface area contributed by atoms with Gasteiger partial charge in [0.05, 0.1) is 5.56 Å². The topological polar surface area (TPSA) is 38.3 Å². The van der Waals surface area contributed by atoms with E-state index in [4.69, 9.17) is 4.74 Å². The predicted molar refractivity (Wildman–Crippen MR) is 102 cm³/mol. The molecule has 0 fully saturated rings. The van der Waals surface area contributed by atoms with E-state index in [0.29, 0.717) is 6.42 Å². The molecular formula is C21H26F3NO2. The lowest BCUT2D eigenvalue weighted by molar-refractivity contribution is -0.139. The van der Waals surface area contributed by atoms with Crippen LogP contribution >= 0.6 is 0 Å². The number of anilines is 1. The molecule has 0 radical (unpaired) electrons. The van der Waals surface area contributed by atoms with Crippen molar-refractivity contribution in [2.24, 2.45) is 0 Å². The van der Waals surface area contributed by atoms with E-state index in [9.17, 15) is 18.0 Å². The first-order chi connectivity index (χ1) is 12.7. The van der Waals surface area contributed by atoms with Gasteiger partial charge in [0.2, 0.25) is 0 Å². The molecule has 148 valence electrons. The number of rotatable bonds is 6. The summed E-state index contributed by atoms with van der Waals surface area (Å²) in [5, 5.41) is 3.03. The van der Waals surface area contributed by atoms with Crippen LogP contribution in [0.1, 0.15) is 42.0 Å². The van der Waals surface area contributed by atoms with Crippen molar-refractivity contribution in [2.75, 3.05) is 12.4 Å². The van der Waals surface area contributed by atoms with Gasteiger partial charge in [0.1, 0.15) is 18.6 Å². The Morgan fingerprint density at radius 3 is 2.37 bits per heavy atom. The van der Waals surface area contributed by atoms with Crippen LogP contribution in [0, 0.1) is 13.8 Å². The quantitative estimate of drug-likeness (QED) is 0.631. The average Bonchev–Trinajstić information content (AvgIpc) is 2.60. The van der Waals surface area contributed by atoms with Crippen molar-refractivity contribution in [3.05, 3.63) is 58.7 Å². The van der Waals surface area contributed by atoms with E-state index in [0.717, 1.165) is 41.2 Å². The Morgan fingerprint density at radius 2 is 1.85 bits per heavy atom. The number of unbranched alkanes of at least 4 members (excludes halogenated alkanes) is 1. The normalized spacial score (nSPS) is 10.6. The highest BCUT2D eigenvalue weighted by molar-refractivity contribution is 5.54. The van der Waals surface area contributed by atoms with Gasteiger partial charge >= 0.3 is 6.18 Å². The Bertz CT molecular complexity index is 743. The third-order valence-electron chi connectivity index (χ3n) is 3.90. The summed E-state index contributed by atoms with van der Waals surface area (Å²) in [6.07, 6.45) is -1.82. The Hall–Kier alpha value is -2.50. The Labute approximate surface area is 158 Å². The number of carbonyl (C=O) groups excluding carboxylic acids is 1. The largest absolute Gasteiger partial charge is 0.488 e. The van der Waals surface area contributed by atoms with Crippen molar-refractivity contribution in [2.45, 2.75) is 46.4 Å². The molecule has 0 heterocycles. The number of benzene rings is 2. The monoisotopic (exact) mass is 381 g/mol. The minimum Gasteiger partial charge on any atom is -0.488 e. The fraction of sp³-hybridized carbons (Fsp3) is 0.381. The van der Waals surface area contributed by atoms with Gasteiger partial charge in [-0.15, -0.1) is 0 Å². The van der Waals surface area contributed by atoms with Crippen LogP contribution in [0.5, 0.6) is 5.75 Å². The summed E-state index contributed by atoms with van der Waals surface area (Å²) in [5.41, 5.74) is 2.63. The van der Waals surface area contributed by atoms with Crippen molar-refractivity contribution in [1.82, 2.24) is 0 Å². The Balaban J connectivity index is 0.000000646. The smallest absolute Gasteiger partial charge is 0.419 e. The molecule has 0 atom stereocenters. The van der Waals surface area contributed by atoms with E-state index < -0.39 is 11.7 Å². The van der Waals surface area contributed by atoms with Crippen LogP contribution in [-0.2, 0) is 17.6 Å². The number of hydrogen-bond acceptors (Lipinski definition) is 3. The molecule has 27 heavy (non-hydrogen) atoms. The van der Waals surface area contributed by atoms with Gasteiger partial charge in [0.15, 0.2) is 0 Å². The molecule has 1 N–H and O–H groups in total. The maximum atomic E-state index is 13.0. The van der Waals surface area contributed by atoms with Gasteiger partial charge in [0.25, 0.3) is 0 Å². The molecule has 0 unspecified atom stereocenters. The number of nitrogens with one attached hydrogen (secondary N) is 1. The molecule has 2 rings (SSSR count). The lowest BCUT2D eigenvalue weighted by Crippen LogP contribution is -2.10. The lowest BCUT2D eigenvalue weighted by Gasteiger charge is -2.17. The molecule has 0 aliphatic heterocycles. The third-order valence-corrected chi connectivity index (χ3v) is 3.90. The third kappa shape index (κ3) is 6.96. The van der Waals surface area contributed by atoms with Crippen LogP contribution in [0.4, 0.5) is 18.9 Å². The molecule has 6 heteroatoms. The van der Waals surface area contributed by atoms with Gasteiger partial charge in [-0.05, 0) is 49.6 Å². The predicted octanol–water partition coefficient (Wildman–Crippen LogP) is 5.93. The Kier molecular flexibility index (Phi) is 8.85. The average molecular weight is 381 g/mol. The summed E-state index contributed by atoms with van der Waals surface area (Å²) in [4.78, 5) is 9.40. The van der Waals surface area contributed by atoms with Crippen molar-refractivity contribution in [3.63, 3.8) is 0 Å². The second-order valence-corrected chi connectivity index (χ2v) is 6.09. The van der Waals surface area contributed by atoms with Crippen molar-refractivity contribution in [1.29, 1.82) is 0 Å². The van der Waals surface area contributed by atoms with Gasteiger partial charge < -0.3 is 14.8 Å². The number of aryl methyl sites for hydroxylation is 2. The van der Waals surface area contributed by atoms with Crippen molar-refractivity contribution >= 4 is 12.0 Å². The zero-order valence-corrected chi connectivity index (χ0v) is 16.1. The highest BCUT2D eigenvalue weighted by Gasteiger charge is 2.34. The second kappa shape index (κ2) is 10.6. The van der Waals surface area contributed by atoms with Crippen LogP contribution in [0.2, 0.25) is 0 Å². The number of alkyl halides is 3. The minimum atomic E-state index is -4.43. The van der Waals surface area contributed by atoms with Crippen LogP contribution in [-0.4, -0.2) is 13.3 Å². The van der Waals surface area contributed by atoms with E-state index in [-0.39, 0.29) is 12.4 Å². The number of aldehydes is 1. The number of halogens is 3. The first kappa shape index (κ1) is 22.5. The van der Waals surface area contributed by atoms with Gasteiger partial charge in [0, 0.05) is 24.7 Å². The van der Waals surface area contributed by atoms with Crippen LogP contribution in [0.3, 0.4) is 0 Å². The number of hydrogen-bond donors (Lipinski definition) is 1. The van der Waals surface area contributed by atoms with E-state index in [1.165, 1.54) is 12.1 Å². The minimum absolute atomic E-state index is 0.0788. The van der Waals surface area contributed by atoms with E-state index in [2.05, 4.69) is 5.32 Å². The fourth-order valence-electron chi connectivity index (χ4n) is 2.38. The van der Waals surface area contributed by atoms with E-state index in [1.54, 1.807) is 14.0 Å². The number of ether oxygens (including phenoxy) is 1. The maximum absolute atomic E-state index is 13.0. The van der Waals surface area contributed by atoms with E-state index >= 15 is 0 Å². The summed E-state index contributed by atoms with van der Waals surface area (Å²) in [7, 11) is 1.77. The lowest BCUT2D eigenvalue weighted by atomic mass is 10.1. The van der Waals surface area contributed by atoms with Gasteiger partial charge in [-0.3, -0.25) is 0 Å². The zero-order valence-electron chi connectivity index (χ0n) is 16.1. The highest BCUT2D eigenvalue weighted by Crippen LogP contribution is 2.37. The van der Waals surface area contributed by atoms with Gasteiger partial charge in [-0.25, -0.2) is 0 Å². The molecule has 0 aliphatic rings. The first-order valence-electron chi connectivity index (χ1n) is 8.75. The molecule has 0 amide bonds. The van der Waals surface area contributed by atoms with Crippen LogP contribution in [0.25, 0.3) is 0 Å². The SMILES string of the molecule is CCCC=O.CNc1cccc(C)c1COc1cc(C)ccc1C(F)(F)F. The molecule has 3 nitrogen and oxygen atoms in total. The summed E-state index contributed by atoms with van der Waals surface area (Å²) in [6, 6.07) is 9.57. The molecule has 0 aromatic heterocycles. The van der Waals surface area contributed by atoms with Gasteiger partial charge in [-0.2, -0.15) is 13.2 Å². The van der Waals surface area contributed by atoms with Crippen LogP contribution < -0.4 is 10.1 Å².